The van der Waals surface area contributed by atoms with Crippen molar-refractivity contribution in [2.75, 3.05) is 13.1 Å². The van der Waals surface area contributed by atoms with Gasteiger partial charge in [-0.15, -0.1) is 0 Å². The fourth-order valence-corrected chi connectivity index (χ4v) is 2.73. The van der Waals surface area contributed by atoms with Crippen LogP contribution in [0, 0.1) is 0 Å². The van der Waals surface area contributed by atoms with E-state index in [1.54, 1.807) is 22.0 Å². The van der Waals surface area contributed by atoms with Crippen molar-refractivity contribution in [2.24, 2.45) is 5.73 Å². The molecule has 1 aromatic heterocycles. The molecule has 1 aromatic carbocycles. The summed E-state index contributed by atoms with van der Waals surface area (Å²) in [6, 6.07) is 7.87. The molecule has 1 atom stereocenters. The summed E-state index contributed by atoms with van der Waals surface area (Å²) in [6.07, 6.45) is 4.23. The van der Waals surface area contributed by atoms with Gasteiger partial charge < -0.3 is 10.6 Å². The van der Waals surface area contributed by atoms with E-state index in [1.165, 1.54) is 0 Å². The molecule has 1 fully saturated rings. The minimum Gasteiger partial charge on any atom is -0.337 e. The van der Waals surface area contributed by atoms with Crippen molar-refractivity contribution in [3.8, 4) is 5.69 Å². The molecule has 20 heavy (non-hydrogen) atoms. The molecule has 2 aromatic rings. The van der Waals surface area contributed by atoms with Crippen molar-refractivity contribution in [1.82, 2.24) is 14.7 Å². The lowest BCUT2D eigenvalue weighted by Gasteiger charge is -2.14. The zero-order valence-corrected chi connectivity index (χ0v) is 12.5. The first-order valence-electron chi connectivity index (χ1n) is 6.49. The van der Waals surface area contributed by atoms with Crippen LogP contribution in [0.4, 0.5) is 0 Å². The predicted molar refractivity (Wildman–Crippen MR) is 79.8 cm³/mol. The van der Waals surface area contributed by atoms with Crippen molar-refractivity contribution in [2.45, 2.75) is 12.5 Å². The number of hydrogen-bond acceptors (Lipinski definition) is 3. The number of hydrogen-bond donors (Lipinski definition) is 1. The Morgan fingerprint density at radius 2 is 2.30 bits per heavy atom. The summed E-state index contributed by atoms with van der Waals surface area (Å²) in [5.74, 6) is -0.000744. The quantitative estimate of drug-likeness (QED) is 0.910. The molecule has 0 spiro atoms. The van der Waals surface area contributed by atoms with Crippen molar-refractivity contribution in [3.05, 3.63) is 46.7 Å². The van der Waals surface area contributed by atoms with Crippen LogP contribution in [0.15, 0.2) is 41.1 Å². The van der Waals surface area contributed by atoms with Crippen LogP contribution in [0.25, 0.3) is 5.69 Å². The molecular formula is C14H15BrN4O. The van der Waals surface area contributed by atoms with E-state index in [0.717, 1.165) is 23.1 Å². The zero-order valence-electron chi connectivity index (χ0n) is 10.9. The number of likely N-dealkylation sites (tertiary alicyclic amines) is 1. The summed E-state index contributed by atoms with van der Waals surface area (Å²) in [7, 11) is 0. The molecule has 3 rings (SSSR count). The van der Waals surface area contributed by atoms with Crippen molar-refractivity contribution in [1.29, 1.82) is 0 Å². The van der Waals surface area contributed by atoms with Gasteiger partial charge in [0, 0.05) is 29.8 Å². The number of amides is 1. The lowest BCUT2D eigenvalue weighted by Crippen LogP contribution is -2.31. The average molecular weight is 335 g/mol. The van der Waals surface area contributed by atoms with Crippen LogP contribution in [0.1, 0.15) is 16.8 Å². The van der Waals surface area contributed by atoms with Gasteiger partial charge in [0.25, 0.3) is 5.91 Å². The summed E-state index contributed by atoms with van der Waals surface area (Å²) in [5, 5.41) is 4.26. The molecule has 104 valence electrons. The summed E-state index contributed by atoms with van der Waals surface area (Å²) < 4.78 is 2.68. The molecule has 0 radical (unpaired) electrons. The standard InChI is InChI=1S/C14H15BrN4O/c15-11-2-1-3-13(6-11)19-8-10(7-17-19)14(20)18-5-4-12(16)9-18/h1-3,6-8,12H,4-5,9,16H2/t12-/m1/s1. The van der Waals surface area contributed by atoms with Gasteiger partial charge in [0.15, 0.2) is 0 Å². The third-order valence-electron chi connectivity index (χ3n) is 3.41. The number of rotatable bonds is 2. The topological polar surface area (TPSA) is 64.2 Å². The maximum atomic E-state index is 12.3. The molecule has 2 N–H and O–H groups in total. The minimum absolute atomic E-state index is 0.000744. The molecule has 6 heteroatoms. The van der Waals surface area contributed by atoms with Gasteiger partial charge in [-0.1, -0.05) is 22.0 Å². The van der Waals surface area contributed by atoms with Gasteiger partial charge in [0.05, 0.1) is 17.4 Å². The van der Waals surface area contributed by atoms with Gasteiger partial charge in [0.1, 0.15) is 0 Å². The highest BCUT2D eigenvalue weighted by Gasteiger charge is 2.25. The largest absolute Gasteiger partial charge is 0.337 e. The Balaban J connectivity index is 1.81. The summed E-state index contributed by atoms with van der Waals surface area (Å²) in [5.41, 5.74) is 7.34. The predicted octanol–water partition coefficient (Wildman–Crippen LogP) is 1.81. The first-order chi connectivity index (χ1) is 9.63. The van der Waals surface area contributed by atoms with Gasteiger partial charge in [-0.3, -0.25) is 4.79 Å². The van der Waals surface area contributed by atoms with Gasteiger partial charge in [-0.2, -0.15) is 5.10 Å². The molecule has 1 amide bonds. The molecule has 1 aliphatic heterocycles. The molecule has 0 aliphatic carbocycles. The molecule has 2 heterocycles. The van der Waals surface area contributed by atoms with E-state index in [1.807, 2.05) is 24.3 Å². The molecule has 0 bridgehead atoms. The molecule has 0 unspecified atom stereocenters. The highest BCUT2D eigenvalue weighted by Crippen LogP contribution is 2.17. The minimum atomic E-state index is -0.000744. The Morgan fingerprint density at radius 3 is 3.00 bits per heavy atom. The van der Waals surface area contributed by atoms with E-state index in [9.17, 15) is 4.79 Å². The average Bonchev–Trinajstić information content (AvgIpc) is 3.07. The third-order valence-corrected chi connectivity index (χ3v) is 3.91. The molecule has 1 saturated heterocycles. The molecular weight excluding hydrogens is 320 g/mol. The summed E-state index contributed by atoms with van der Waals surface area (Å²) in [4.78, 5) is 14.1. The Labute approximate surface area is 125 Å². The number of halogens is 1. The number of carbonyl (C=O) groups excluding carboxylic acids is 1. The summed E-state index contributed by atoms with van der Waals surface area (Å²) in [6.45, 7) is 1.35. The lowest BCUT2D eigenvalue weighted by molar-refractivity contribution is 0.0791. The van der Waals surface area contributed by atoms with Gasteiger partial charge >= 0.3 is 0 Å². The van der Waals surface area contributed by atoms with Gasteiger partial charge in [0.2, 0.25) is 0 Å². The Hall–Kier alpha value is -1.66. The van der Waals surface area contributed by atoms with Crippen LogP contribution in [-0.4, -0.2) is 39.7 Å². The van der Waals surface area contributed by atoms with E-state index >= 15 is 0 Å². The Morgan fingerprint density at radius 1 is 1.45 bits per heavy atom. The Kier molecular flexibility index (Phi) is 3.58. The highest BCUT2D eigenvalue weighted by atomic mass is 79.9. The molecule has 5 nitrogen and oxygen atoms in total. The van der Waals surface area contributed by atoms with Crippen molar-refractivity contribution < 1.29 is 4.79 Å². The SMILES string of the molecule is N[C@@H]1CCN(C(=O)c2cnn(-c3cccc(Br)c3)c2)C1. The van der Waals surface area contributed by atoms with Crippen molar-refractivity contribution in [3.63, 3.8) is 0 Å². The lowest BCUT2D eigenvalue weighted by atomic mass is 10.3. The zero-order chi connectivity index (χ0) is 14.1. The summed E-state index contributed by atoms with van der Waals surface area (Å²) >= 11 is 3.43. The maximum Gasteiger partial charge on any atom is 0.257 e. The van der Waals surface area contributed by atoms with Crippen LogP contribution >= 0.6 is 15.9 Å². The normalized spacial score (nSPS) is 18.5. The fraction of sp³-hybridized carbons (Fsp3) is 0.286. The monoisotopic (exact) mass is 334 g/mol. The first-order valence-corrected chi connectivity index (χ1v) is 7.28. The van der Waals surface area contributed by atoms with E-state index in [2.05, 4.69) is 21.0 Å². The number of benzene rings is 1. The van der Waals surface area contributed by atoms with E-state index < -0.39 is 0 Å². The van der Waals surface area contributed by atoms with E-state index in [0.29, 0.717) is 12.1 Å². The maximum absolute atomic E-state index is 12.3. The van der Waals surface area contributed by atoms with Crippen LogP contribution < -0.4 is 5.73 Å². The highest BCUT2D eigenvalue weighted by molar-refractivity contribution is 9.10. The number of nitrogens with zero attached hydrogens (tertiary/aromatic N) is 3. The first kappa shape index (κ1) is 13.3. The van der Waals surface area contributed by atoms with Gasteiger partial charge in [-0.25, -0.2) is 4.68 Å². The third kappa shape index (κ3) is 2.62. The van der Waals surface area contributed by atoms with Crippen molar-refractivity contribution >= 4 is 21.8 Å². The second-order valence-corrected chi connectivity index (χ2v) is 5.87. The van der Waals surface area contributed by atoms with Crippen LogP contribution in [0.5, 0.6) is 0 Å². The molecule has 0 saturated carbocycles. The number of nitrogens with two attached hydrogens (primary N) is 1. The van der Waals surface area contributed by atoms with E-state index in [-0.39, 0.29) is 11.9 Å². The van der Waals surface area contributed by atoms with Gasteiger partial charge in [-0.05, 0) is 24.6 Å². The van der Waals surface area contributed by atoms with E-state index in [4.69, 9.17) is 5.73 Å². The number of carbonyl (C=O) groups is 1. The smallest absolute Gasteiger partial charge is 0.257 e. The van der Waals surface area contributed by atoms with Crippen LogP contribution in [0.3, 0.4) is 0 Å². The second kappa shape index (κ2) is 5.38. The fourth-order valence-electron chi connectivity index (χ4n) is 2.35. The Bertz CT molecular complexity index is 640. The molecule has 1 aliphatic rings. The second-order valence-electron chi connectivity index (χ2n) is 4.95. The van der Waals surface area contributed by atoms with Crippen LogP contribution in [0.2, 0.25) is 0 Å². The number of aromatic nitrogens is 2. The van der Waals surface area contributed by atoms with Crippen LogP contribution in [-0.2, 0) is 0 Å².